The Balaban J connectivity index is 2.65. The average molecular weight is 276 g/mol. The summed E-state index contributed by atoms with van der Waals surface area (Å²) in [5.41, 5.74) is 0.936. The fourth-order valence-corrected chi connectivity index (χ4v) is 2.64. The zero-order valence-electron chi connectivity index (χ0n) is 10.3. The smallest absolute Gasteiger partial charge is 0.124 e. The molecule has 1 rings (SSSR count). The Labute approximate surface area is 110 Å². The molecule has 0 aliphatic rings. The molecule has 0 heterocycles. The lowest BCUT2D eigenvalue weighted by Gasteiger charge is -2.15. The van der Waals surface area contributed by atoms with Crippen molar-refractivity contribution in [3.8, 4) is 5.75 Å². The molecule has 1 aromatic carbocycles. The van der Waals surface area contributed by atoms with Crippen LogP contribution in [0, 0.1) is 0 Å². The molecule has 17 heavy (non-hydrogen) atoms. The lowest BCUT2D eigenvalue weighted by Crippen LogP contribution is -2.30. The Hall–Kier alpha value is -0.580. The number of halogens is 1. The summed E-state index contributed by atoms with van der Waals surface area (Å²) in [6.45, 7) is 2.62. The van der Waals surface area contributed by atoms with E-state index >= 15 is 0 Å². The Kier molecular flexibility index (Phi) is 5.95. The zero-order valence-corrected chi connectivity index (χ0v) is 11.9. The Morgan fingerprint density at radius 2 is 2.24 bits per heavy atom. The van der Waals surface area contributed by atoms with Gasteiger partial charge in [-0.1, -0.05) is 17.7 Å². The topological polar surface area (TPSA) is 38.3 Å². The first-order chi connectivity index (χ1) is 8.04. The maximum absolute atomic E-state index is 11.1. The largest absolute Gasteiger partial charge is 0.496 e. The predicted octanol–water partition coefficient (Wildman–Crippen LogP) is 2.21. The minimum Gasteiger partial charge on any atom is -0.496 e. The molecule has 0 bridgehead atoms. The fourth-order valence-electron chi connectivity index (χ4n) is 1.59. The van der Waals surface area contributed by atoms with Crippen molar-refractivity contribution >= 4 is 22.4 Å². The van der Waals surface area contributed by atoms with Crippen LogP contribution in [0.25, 0.3) is 0 Å². The maximum Gasteiger partial charge on any atom is 0.124 e. The molecule has 2 unspecified atom stereocenters. The summed E-state index contributed by atoms with van der Waals surface area (Å²) in [5.74, 6) is 1.40. The monoisotopic (exact) mass is 275 g/mol. The zero-order chi connectivity index (χ0) is 12.8. The van der Waals surface area contributed by atoms with E-state index in [1.54, 1.807) is 13.4 Å². The van der Waals surface area contributed by atoms with Crippen LogP contribution in [0.3, 0.4) is 0 Å². The van der Waals surface area contributed by atoms with E-state index in [9.17, 15) is 4.21 Å². The van der Waals surface area contributed by atoms with E-state index in [4.69, 9.17) is 16.3 Å². The van der Waals surface area contributed by atoms with Gasteiger partial charge in [0.15, 0.2) is 0 Å². The molecule has 0 amide bonds. The van der Waals surface area contributed by atoms with E-state index in [2.05, 4.69) is 5.32 Å². The highest BCUT2D eigenvalue weighted by molar-refractivity contribution is 7.84. The molecule has 0 saturated carbocycles. The third-order valence-electron chi connectivity index (χ3n) is 2.41. The molecule has 3 nitrogen and oxygen atoms in total. The van der Waals surface area contributed by atoms with Crippen LogP contribution in [0.4, 0.5) is 0 Å². The van der Waals surface area contributed by atoms with Crippen LogP contribution in [-0.2, 0) is 17.3 Å². The molecule has 0 aliphatic heterocycles. The normalized spacial score (nSPS) is 14.4. The van der Waals surface area contributed by atoms with Gasteiger partial charge in [-0.05, 0) is 19.1 Å². The van der Waals surface area contributed by atoms with Crippen molar-refractivity contribution in [2.75, 3.05) is 19.1 Å². The van der Waals surface area contributed by atoms with E-state index < -0.39 is 10.8 Å². The molecule has 0 aromatic heterocycles. The van der Waals surface area contributed by atoms with Gasteiger partial charge in [0.05, 0.1) is 7.11 Å². The van der Waals surface area contributed by atoms with Gasteiger partial charge in [-0.25, -0.2) is 0 Å². The van der Waals surface area contributed by atoms with Gasteiger partial charge in [-0.3, -0.25) is 4.21 Å². The van der Waals surface area contributed by atoms with Gasteiger partial charge in [0, 0.05) is 46.0 Å². The van der Waals surface area contributed by atoms with Crippen molar-refractivity contribution in [1.29, 1.82) is 0 Å². The molecule has 0 aliphatic carbocycles. The number of hydrogen-bond acceptors (Lipinski definition) is 3. The number of ether oxygens (including phenoxy) is 1. The van der Waals surface area contributed by atoms with Crippen LogP contribution in [0.1, 0.15) is 12.5 Å². The number of hydrogen-bond donors (Lipinski definition) is 1. The second-order valence-corrected chi connectivity index (χ2v) is 5.83. The van der Waals surface area contributed by atoms with Gasteiger partial charge in [-0.2, -0.15) is 0 Å². The van der Waals surface area contributed by atoms with Gasteiger partial charge < -0.3 is 10.1 Å². The van der Waals surface area contributed by atoms with Crippen LogP contribution < -0.4 is 10.1 Å². The van der Waals surface area contributed by atoms with Crippen LogP contribution in [0.15, 0.2) is 18.2 Å². The van der Waals surface area contributed by atoms with E-state index in [-0.39, 0.29) is 6.04 Å². The molecule has 0 fully saturated rings. The number of methoxy groups -OCH3 is 1. The SMILES string of the molecule is COc1cccc(Cl)c1CNC(C)CS(C)=O. The third-order valence-corrected chi connectivity index (χ3v) is 3.73. The van der Waals surface area contributed by atoms with Crippen LogP contribution in [0.5, 0.6) is 5.75 Å². The van der Waals surface area contributed by atoms with Gasteiger partial charge in [-0.15, -0.1) is 0 Å². The molecule has 0 saturated heterocycles. The molecular weight excluding hydrogens is 258 g/mol. The second kappa shape index (κ2) is 6.99. The van der Waals surface area contributed by atoms with Gasteiger partial charge >= 0.3 is 0 Å². The third kappa shape index (κ3) is 4.66. The molecule has 1 aromatic rings. The van der Waals surface area contributed by atoms with Crippen LogP contribution in [-0.4, -0.2) is 29.4 Å². The van der Waals surface area contributed by atoms with Crippen molar-refractivity contribution in [2.45, 2.75) is 19.5 Å². The van der Waals surface area contributed by atoms with Gasteiger partial charge in [0.25, 0.3) is 0 Å². The first-order valence-electron chi connectivity index (χ1n) is 5.39. The molecule has 1 N–H and O–H groups in total. The number of rotatable bonds is 6. The lowest BCUT2D eigenvalue weighted by molar-refractivity contribution is 0.406. The average Bonchev–Trinajstić information content (AvgIpc) is 2.26. The summed E-state index contributed by atoms with van der Waals surface area (Å²) < 4.78 is 16.3. The maximum atomic E-state index is 11.1. The molecule has 5 heteroatoms. The molecule has 2 atom stereocenters. The molecular formula is C12H18ClNO2S. The highest BCUT2D eigenvalue weighted by Crippen LogP contribution is 2.25. The Morgan fingerprint density at radius 3 is 2.82 bits per heavy atom. The van der Waals surface area contributed by atoms with Crippen molar-refractivity contribution in [3.05, 3.63) is 28.8 Å². The second-order valence-electron chi connectivity index (χ2n) is 3.94. The first-order valence-corrected chi connectivity index (χ1v) is 7.50. The van der Waals surface area contributed by atoms with Gasteiger partial charge in [0.1, 0.15) is 5.75 Å². The van der Waals surface area contributed by atoms with Crippen molar-refractivity contribution < 1.29 is 8.95 Å². The summed E-state index contributed by atoms with van der Waals surface area (Å²) in [6, 6.07) is 5.76. The highest BCUT2D eigenvalue weighted by atomic mass is 35.5. The number of nitrogens with one attached hydrogen (secondary N) is 1. The predicted molar refractivity (Wildman–Crippen MR) is 73.2 cm³/mol. The summed E-state index contributed by atoms with van der Waals surface area (Å²) in [4.78, 5) is 0. The minimum absolute atomic E-state index is 0.182. The van der Waals surface area contributed by atoms with Crippen molar-refractivity contribution in [3.63, 3.8) is 0 Å². The van der Waals surface area contributed by atoms with Crippen molar-refractivity contribution in [2.24, 2.45) is 0 Å². The minimum atomic E-state index is -0.793. The highest BCUT2D eigenvalue weighted by Gasteiger charge is 2.09. The van der Waals surface area contributed by atoms with E-state index in [0.29, 0.717) is 17.3 Å². The Bertz CT molecular complexity index is 398. The summed E-state index contributed by atoms with van der Waals surface area (Å²) in [6.07, 6.45) is 1.70. The molecule has 0 spiro atoms. The summed E-state index contributed by atoms with van der Waals surface area (Å²) >= 11 is 6.12. The molecule has 0 radical (unpaired) electrons. The number of benzene rings is 1. The lowest BCUT2D eigenvalue weighted by atomic mass is 10.2. The fraction of sp³-hybridized carbons (Fsp3) is 0.500. The Morgan fingerprint density at radius 1 is 1.53 bits per heavy atom. The van der Waals surface area contributed by atoms with Crippen LogP contribution >= 0.6 is 11.6 Å². The van der Waals surface area contributed by atoms with Gasteiger partial charge in [0.2, 0.25) is 0 Å². The van der Waals surface area contributed by atoms with E-state index in [1.165, 1.54) is 0 Å². The van der Waals surface area contributed by atoms with Crippen molar-refractivity contribution in [1.82, 2.24) is 5.32 Å². The van der Waals surface area contributed by atoms with E-state index in [1.807, 2.05) is 25.1 Å². The van der Waals surface area contributed by atoms with Crippen LogP contribution in [0.2, 0.25) is 5.02 Å². The first kappa shape index (κ1) is 14.5. The standard InChI is InChI=1S/C12H18ClNO2S/c1-9(8-17(3)15)14-7-10-11(13)5-4-6-12(10)16-2/h4-6,9,14H,7-8H2,1-3H3. The van der Waals surface area contributed by atoms with E-state index in [0.717, 1.165) is 11.3 Å². The quantitative estimate of drug-likeness (QED) is 0.865. The molecule has 96 valence electrons. The summed E-state index contributed by atoms with van der Waals surface area (Å²) in [5, 5.41) is 3.97. The summed E-state index contributed by atoms with van der Waals surface area (Å²) in [7, 11) is 0.832.